The summed E-state index contributed by atoms with van der Waals surface area (Å²) in [5, 5.41) is 2.44. The highest BCUT2D eigenvalue weighted by Gasteiger charge is 2.18. The number of hydrogen-bond acceptors (Lipinski definition) is 5. The van der Waals surface area contributed by atoms with Crippen LogP contribution in [0.25, 0.3) is 82.5 Å². The summed E-state index contributed by atoms with van der Waals surface area (Å²) in [6.07, 6.45) is 2.08. The van der Waals surface area contributed by atoms with Gasteiger partial charge in [0.1, 0.15) is 5.65 Å². The van der Waals surface area contributed by atoms with Crippen molar-refractivity contribution >= 4 is 37.2 Å². The second-order valence-electron chi connectivity index (χ2n) is 11.2. The third-order valence-electron chi connectivity index (χ3n) is 8.28. The van der Waals surface area contributed by atoms with Crippen molar-refractivity contribution < 1.29 is 0 Å². The molecule has 0 spiro atoms. The molecule has 0 bridgehead atoms. The third-order valence-corrected chi connectivity index (χ3v) is 9.40. The molecule has 0 unspecified atom stereocenters. The molecule has 0 radical (unpaired) electrons. The van der Waals surface area contributed by atoms with Gasteiger partial charge in [0, 0.05) is 54.2 Å². The predicted octanol–water partition coefficient (Wildman–Crippen LogP) is 10.2. The first-order valence-corrected chi connectivity index (χ1v) is 16.0. The minimum absolute atomic E-state index is 0.657. The van der Waals surface area contributed by atoms with Gasteiger partial charge in [-0.05, 0) is 24.3 Å². The molecule has 0 amide bonds. The molecule has 0 N–H and O–H groups in total. The van der Waals surface area contributed by atoms with Gasteiger partial charge in [-0.1, -0.05) is 121 Å². The summed E-state index contributed by atoms with van der Waals surface area (Å²) in [6, 6.07) is 50.0. The summed E-state index contributed by atoms with van der Waals surface area (Å²) in [4.78, 5) is 19.8. The highest BCUT2D eigenvalue weighted by atomic mass is 32.1. The lowest BCUT2D eigenvalue weighted by molar-refractivity contribution is 1.07. The van der Waals surface area contributed by atoms with Crippen molar-refractivity contribution in [3.8, 4) is 56.7 Å². The van der Waals surface area contributed by atoms with E-state index in [0.717, 1.165) is 44.9 Å². The van der Waals surface area contributed by atoms with Gasteiger partial charge in [-0.3, -0.25) is 4.40 Å². The number of nitrogens with zero attached hydrogens (tertiary/aromatic N) is 5. The maximum Gasteiger partial charge on any atom is 0.164 e. The first kappa shape index (κ1) is 26.4. The Kier molecular flexibility index (Phi) is 6.25. The van der Waals surface area contributed by atoms with Gasteiger partial charge in [-0.15, -0.1) is 11.3 Å². The van der Waals surface area contributed by atoms with Gasteiger partial charge in [-0.2, -0.15) is 0 Å². The van der Waals surface area contributed by atoms with Crippen LogP contribution in [0.5, 0.6) is 0 Å². The van der Waals surface area contributed by atoms with Crippen LogP contribution in [0.15, 0.2) is 152 Å². The second-order valence-corrected chi connectivity index (χ2v) is 12.2. The number of fused-ring (bicyclic) bond motifs is 4. The Hall–Kier alpha value is -5.98. The van der Waals surface area contributed by atoms with E-state index in [9.17, 15) is 0 Å². The Labute approximate surface area is 269 Å². The number of aromatic nitrogens is 5. The molecular weight excluding hydrogens is 583 g/mol. The van der Waals surface area contributed by atoms with Crippen LogP contribution in [0.3, 0.4) is 0 Å². The highest BCUT2D eigenvalue weighted by molar-refractivity contribution is 7.25. The number of imidazole rings is 1. The summed E-state index contributed by atoms with van der Waals surface area (Å²) in [6.45, 7) is 0. The van der Waals surface area contributed by atoms with E-state index in [2.05, 4.69) is 83.4 Å². The molecule has 0 aliphatic rings. The third kappa shape index (κ3) is 4.55. The van der Waals surface area contributed by atoms with Gasteiger partial charge >= 0.3 is 0 Å². The number of pyridine rings is 1. The molecule has 4 heterocycles. The summed E-state index contributed by atoms with van der Waals surface area (Å²) >= 11 is 1.78. The van der Waals surface area contributed by atoms with E-state index < -0.39 is 0 Å². The van der Waals surface area contributed by atoms with Crippen molar-refractivity contribution in [3.63, 3.8) is 0 Å². The van der Waals surface area contributed by atoms with Gasteiger partial charge in [0.25, 0.3) is 0 Å². The van der Waals surface area contributed by atoms with Crippen molar-refractivity contribution in [3.05, 3.63) is 152 Å². The van der Waals surface area contributed by atoms with E-state index >= 15 is 0 Å². The van der Waals surface area contributed by atoms with Crippen molar-refractivity contribution in [1.82, 2.24) is 24.3 Å². The molecular formula is C40H25N5S. The molecule has 5 aromatic carbocycles. The zero-order valence-electron chi connectivity index (χ0n) is 24.6. The maximum absolute atomic E-state index is 5.09. The van der Waals surface area contributed by atoms with Crippen LogP contribution in [0, 0.1) is 0 Å². The smallest absolute Gasteiger partial charge is 0.164 e. The molecule has 216 valence electrons. The number of hydrogen-bond donors (Lipinski definition) is 0. The molecule has 0 aliphatic carbocycles. The number of thiophene rings is 1. The van der Waals surface area contributed by atoms with E-state index in [1.165, 1.54) is 20.2 Å². The van der Waals surface area contributed by atoms with E-state index in [0.29, 0.717) is 17.5 Å². The van der Waals surface area contributed by atoms with Crippen LogP contribution in [0.2, 0.25) is 0 Å². The number of benzene rings is 5. The first-order chi connectivity index (χ1) is 22.8. The lowest BCUT2D eigenvalue weighted by atomic mass is 10.0. The molecule has 9 aromatic rings. The average Bonchev–Trinajstić information content (AvgIpc) is 3.70. The zero-order valence-corrected chi connectivity index (χ0v) is 25.4. The van der Waals surface area contributed by atoms with E-state index in [-0.39, 0.29) is 0 Å². The molecule has 4 aromatic heterocycles. The summed E-state index contributed by atoms with van der Waals surface area (Å²) in [5.74, 6) is 1.98. The second kappa shape index (κ2) is 10.9. The Bertz CT molecular complexity index is 2460. The minimum atomic E-state index is 0.657. The van der Waals surface area contributed by atoms with Crippen LogP contribution in [0.4, 0.5) is 0 Å². The van der Waals surface area contributed by atoms with Crippen molar-refractivity contribution in [2.75, 3.05) is 0 Å². The van der Waals surface area contributed by atoms with Crippen LogP contribution in [0.1, 0.15) is 0 Å². The van der Waals surface area contributed by atoms with E-state index in [1.54, 1.807) is 11.3 Å². The van der Waals surface area contributed by atoms with Gasteiger partial charge in [-0.25, -0.2) is 19.9 Å². The van der Waals surface area contributed by atoms with Gasteiger partial charge in [0.05, 0.1) is 11.4 Å². The summed E-state index contributed by atoms with van der Waals surface area (Å²) in [5.41, 5.74) is 8.11. The standard InChI is InChI=1S/C40H25N5S/c1-4-12-26(13-5-1)37-36(41-35-18-10-11-23-45(35)37)29-19-21-31-32-22-20-30(25-34(32)46-33(31)24-29)40-43-38(27-14-6-2-7-15-27)42-39(44-40)28-16-8-3-9-17-28/h1-25H. The van der Waals surface area contributed by atoms with Gasteiger partial charge in [0.15, 0.2) is 17.5 Å². The van der Waals surface area contributed by atoms with Crippen LogP contribution >= 0.6 is 11.3 Å². The quantitative estimate of drug-likeness (QED) is 0.195. The molecule has 46 heavy (non-hydrogen) atoms. The zero-order chi connectivity index (χ0) is 30.5. The fourth-order valence-electron chi connectivity index (χ4n) is 6.07. The lowest BCUT2D eigenvalue weighted by Crippen LogP contribution is -1.99. The molecule has 9 rings (SSSR count). The molecule has 0 atom stereocenters. The maximum atomic E-state index is 5.09. The molecule has 0 saturated heterocycles. The van der Waals surface area contributed by atoms with E-state index in [4.69, 9.17) is 19.9 Å². The van der Waals surface area contributed by atoms with Crippen LogP contribution in [-0.4, -0.2) is 24.3 Å². The van der Waals surface area contributed by atoms with Crippen molar-refractivity contribution in [2.24, 2.45) is 0 Å². The Morgan fingerprint density at radius 2 is 0.913 bits per heavy atom. The largest absolute Gasteiger partial charge is 0.299 e. The van der Waals surface area contributed by atoms with Crippen molar-refractivity contribution in [1.29, 1.82) is 0 Å². The molecule has 0 saturated carbocycles. The first-order valence-electron chi connectivity index (χ1n) is 15.1. The number of rotatable bonds is 5. The summed E-state index contributed by atoms with van der Waals surface area (Å²) < 4.78 is 4.57. The molecule has 0 fully saturated rings. The predicted molar refractivity (Wildman–Crippen MR) is 189 cm³/mol. The van der Waals surface area contributed by atoms with E-state index in [1.807, 2.05) is 72.8 Å². The molecule has 6 heteroatoms. The molecule has 5 nitrogen and oxygen atoms in total. The van der Waals surface area contributed by atoms with Gasteiger partial charge in [0.2, 0.25) is 0 Å². The van der Waals surface area contributed by atoms with Crippen molar-refractivity contribution in [2.45, 2.75) is 0 Å². The normalized spacial score (nSPS) is 11.5. The Morgan fingerprint density at radius 3 is 1.52 bits per heavy atom. The molecule has 0 aliphatic heterocycles. The Balaban J connectivity index is 1.18. The topological polar surface area (TPSA) is 56.0 Å². The van der Waals surface area contributed by atoms with Crippen LogP contribution in [-0.2, 0) is 0 Å². The lowest BCUT2D eigenvalue weighted by Gasteiger charge is -2.08. The minimum Gasteiger partial charge on any atom is -0.299 e. The Morgan fingerprint density at radius 1 is 0.413 bits per heavy atom. The summed E-state index contributed by atoms with van der Waals surface area (Å²) in [7, 11) is 0. The monoisotopic (exact) mass is 607 g/mol. The SMILES string of the molecule is c1ccc(-c2nc(-c3ccccc3)nc(-c3ccc4c(c3)sc3cc(-c5nc6ccccn6c5-c5ccccc5)ccc34)n2)cc1. The highest BCUT2D eigenvalue weighted by Crippen LogP contribution is 2.40. The fraction of sp³-hybridized carbons (Fsp3) is 0. The van der Waals surface area contributed by atoms with Gasteiger partial charge < -0.3 is 0 Å². The fourth-order valence-corrected chi connectivity index (χ4v) is 7.25. The average molecular weight is 608 g/mol. The van der Waals surface area contributed by atoms with Crippen LogP contribution < -0.4 is 0 Å².